The molecule has 3 fully saturated rings. The molecule has 1 amide bonds. The van der Waals surface area contributed by atoms with Crippen molar-refractivity contribution >= 4 is 6.09 Å². The number of fused-ring (bicyclic) bond motifs is 2. The monoisotopic (exact) mass is 323 g/mol. The third kappa shape index (κ3) is 4.20. The Hall–Kier alpha value is -0.770. The molecule has 2 bridgehead atoms. The Morgan fingerprint density at radius 3 is 2.39 bits per heavy atom. The van der Waals surface area contributed by atoms with E-state index >= 15 is 0 Å². The van der Waals surface area contributed by atoms with Crippen molar-refractivity contribution < 1.29 is 14.3 Å². The molecule has 1 saturated heterocycles. The third-order valence-electron chi connectivity index (χ3n) is 6.00. The molecule has 3 atom stereocenters. The first-order chi connectivity index (χ1) is 10.7. The van der Waals surface area contributed by atoms with Crippen molar-refractivity contribution in [1.82, 2.24) is 4.90 Å². The molecule has 2 aliphatic carbocycles. The summed E-state index contributed by atoms with van der Waals surface area (Å²) >= 11 is 0. The number of ether oxygens (including phenoxy) is 2. The van der Waals surface area contributed by atoms with Crippen LogP contribution < -0.4 is 0 Å². The van der Waals surface area contributed by atoms with Gasteiger partial charge in [-0.05, 0) is 77.6 Å². The smallest absolute Gasteiger partial charge is 0.410 e. The zero-order valence-corrected chi connectivity index (χ0v) is 15.3. The van der Waals surface area contributed by atoms with Crippen LogP contribution in [0.2, 0.25) is 0 Å². The van der Waals surface area contributed by atoms with Crippen molar-refractivity contribution in [2.45, 2.75) is 77.4 Å². The average Bonchev–Trinajstić information content (AvgIpc) is 3.06. The lowest BCUT2D eigenvalue weighted by molar-refractivity contribution is -0.0886. The molecular formula is C19H33NO3. The molecule has 0 radical (unpaired) electrons. The van der Waals surface area contributed by atoms with Crippen molar-refractivity contribution in [3.63, 3.8) is 0 Å². The van der Waals surface area contributed by atoms with Crippen LogP contribution in [0.1, 0.15) is 66.2 Å². The van der Waals surface area contributed by atoms with Crippen LogP contribution in [0.25, 0.3) is 0 Å². The zero-order chi connectivity index (χ0) is 16.7. The predicted octanol–water partition coefficient (Wildman–Crippen LogP) is 4.23. The van der Waals surface area contributed by atoms with Gasteiger partial charge in [0.2, 0.25) is 0 Å². The number of likely N-dealkylation sites (tertiary alicyclic amines) is 1. The normalized spacial score (nSPS) is 33.0. The van der Waals surface area contributed by atoms with E-state index in [1.54, 1.807) is 0 Å². The number of hydrogen-bond acceptors (Lipinski definition) is 3. The van der Waals surface area contributed by atoms with Gasteiger partial charge in [0.25, 0.3) is 0 Å². The summed E-state index contributed by atoms with van der Waals surface area (Å²) in [5.41, 5.74) is -0.490. The summed E-state index contributed by atoms with van der Waals surface area (Å²) in [5.74, 6) is 2.69. The topological polar surface area (TPSA) is 38.8 Å². The molecule has 2 saturated carbocycles. The number of carbonyl (C=O) groups is 1. The molecule has 3 unspecified atom stereocenters. The summed E-state index contributed by atoms with van der Waals surface area (Å²) in [6.07, 6.45) is 7.32. The zero-order valence-electron chi connectivity index (χ0n) is 15.3. The Balaban J connectivity index is 1.43. The van der Waals surface area contributed by atoms with E-state index in [2.05, 4.69) is 6.92 Å². The Kier molecular flexibility index (Phi) is 4.65. The molecule has 0 aromatic carbocycles. The molecule has 0 N–H and O–H groups in total. The first-order valence-corrected chi connectivity index (χ1v) is 9.36. The van der Waals surface area contributed by atoms with Gasteiger partial charge in [-0.25, -0.2) is 4.79 Å². The molecule has 23 heavy (non-hydrogen) atoms. The summed E-state index contributed by atoms with van der Waals surface area (Å²) in [5, 5.41) is 0. The van der Waals surface area contributed by atoms with Crippen molar-refractivity contribution in [3.05, 3.63) is 0 Å². The lowest BCUT2D eigenvalue weighted by Gasteiger charge is -2.40. The number of rotatable bonds is 3. The lowest BCUT2D eigenvalue weighted by atomic mass is 9.88. The Labute approximate surface area is 140 Å². The fourth-order valence-electron chi connectivity index (χ4n) is 4.52. The van der Waals surface area contributed by atoms with E-state index in [1.807, 2.05) is 25.7 Å². The van der Waals surface area contributed by atoms with Crippen LogP contribution >= 0.6 is 0 Å². The maximum atomic E-state index is 12.1. The van der Waals surface area contributed by atoms with Crippen LogP contribution in [0, 0.1) is 17.8 Å². The maximum absolute atomic E-state index is 12.1. The summed E-state index contributed by atoms with van der Waals surface area (Å²) in [7, 11) is 0. The van der Waals surface area contributed by atoms with E-state index in [0.717, 1.165) is 50.3 Å². The number of nitrogens with zero attached hydrogens (tertiary/aromatic N) is 1. The standard InChI is InChI=1S/C19H33NO3/c1-18(2,3)23-17(21)20-9-7-19(4,8-10-20)22-13-16-12-14-5-6-15(16)11-14/h14-16H,5-13H2,1-4H3. The van der Waals surface area contributed by atoms with Gasteiger partial charge >= 0.3 is 6.09 Å². The highest BCUT2D eigenvalue weighted by molar-refractivity contribution is 5.68. The van der Waals surface area contributed by atoms with Crippen LogP contribution in [-0.4, -0.2) is 41.9 Å². The van der Waals surface area contributed by atoms with Crippen molar-refractivity contribution in [1.29, 1.82) is 0 Å². The molecule has 1 aliphatic heterocycles. The van der Waals surface area contributed by atoms with Gasteiger partial charge < -0.3 is 14.4 Å². The first-order valence-electron chi connectivity index (χ1n) is 9.36. The molecule has 0 spiro atoms. The molecule has 4 heteroatoms. The number of hydrogen-bond donors (Lipinski definition) is 0. The first kappa shape index (κ1) is 17.1. The van der Waals surface area contributed by atoms with Crippen LogP contribution in [0.4, 0.5) is 4.79 Å². The molecule has 3 rings (SSSR count). The average molecular weight is 323 g/mol. The lowest BCUT2D eigenvalue weighted by Crippen LogP contribution is -2.48. The van der Waals surface area contributed by atoms with Gasteiger partial charge in [0.05, 0.1) is 12.2 Å². The Morgan fingerprint density at radius 2 is 1.87 bits per heavy atom. The summed E-state index contributed by atoms with van der Waals surface area (Å²) in [6.45, 7) is 10.4. The van der Waals surface area contributed by atoms with Gasteiger partial charge in [-0.15, -0.1) is 0 Å². The molecule has 4 nitrogen and oxygen atoms in total. The summed E-state index contributed by atoms with van der Waals surface area (Å²) < 4.78 is 11.8. The molecule has 0 aromatic heterocycles. The number of carbonyl (C=O) groups excluding carboxylic acids is 1. The Bertz CT molecular complexity index is 434. The SMILES string of the molecule is CC(C)(C)OC(=O)N1CCC(C)(OCC2CC3CCC2C3)CC1. The van der Waals surface area contributed by atoms with Gasteiger partial charge in [-0.2, -0.15) is 0 Å². The van der Waals surface area contributed by atoms with E-state index in [9.17, 15) is 4.79 Å². The summed E-state index contributed by atoms with van der Waals surface area (Å²) in [4.78, 5) is 14.0. The van der Waals surface area contributed by atoms with Crippen molar-refractivity contribution in [2.75, 3.05) is 19.7 Å². The maximum Gasteiger partial charge on any atom is 0.410 e. The van der Waals surface area contributed by atoms with Gasteiger partial charge in [0.15, 0.2) is 0 Å². The van der Waals surface area contributed by atoms with Crippen molar-refractivity contribution in [2.24, 2.45) is 17.8 Å². The molecular weight excluding hydrogens is 290 g/mol. The van der Waals surface area contributed by atoms with Crippen molar-refractivity contribution in [3.8, 4) is 0 Å². The molecule has 0 aromatic rings. The second kappa shape index (κ2) is 6.27. The predicted molar refractivity (Wildman–Crippen MR) is 90.3 cm³/mol. The van der Waals surface area contributed by atoms with E-state index in [-0.39, 0.29) is 11.7 Å². The van der Waals surface area contributed by atoms with Gasteiger partial charge in [0.1, 0.15) is 5.60 Å². The van der Waals surface area contributed by atoms with E-state index in [0.29, 0.717) is 0 Å². The van der Waals surface area contributed by atoms with E-state index < -0.39 is 5.60 Å². The van der Waals surface area contributed by atoms with Crippen LogP contribution in [-0.2, 0) is 9.47 Å². The minimum Gasteiger partial charge on any atom is -0.444 e. The number of amides is 1. The third-order valence-corrected chi connectivity index (χ3v) is 6.00. The highest BCUT2D eigenvalue weighted by Gasteiger charge is 2.41. The van der Waals surface area contributed by atoms with Crippen LogP contribution in [0.3, 0.4) is 0 Å². The minimum atomic E-state index is -0.421. The quantitative estimate of drug-likeness (QED) is 0.780. The highest BCUT2D eigenvalue weighted by atomic mass is 16.6. The van der Waals surface area contributed by atoms with Crippen LogP contribution in [0.15, 0.2) is 0 Å². The molecule has 1 heterocycles. The second-order valence-corrected chi connectivity index (χ2v) is 9.16. The fourth-order valence-corrected chi connectivity index (χ4v) is 4.52. The highest BCUT2D eigenvalue weighted by Crippen LogP contribution is 2.48. The van der Waals surface area contributed by atoms with Gasteiger partial charge in [0, 0.05) is 13.1 Å². The molecule has 3 aliphatic rings. The van der Waals surface area contributed by atoms with Gasteiger partial charge in [-0.3, -0.25) is 0 Å². The minimum absolute atomic E-state index is 0.0691. The van der Waals surface area contributed by atoms with Crippen LogP contribution in [0.5, 0.6) is 0 Å². The summed E-state index contributed by atoms with van der Waals surface area (Å²) in [6, 6.07) is 0. The largest absolute Gasteiger partial charge is 0.444 e. The molecule has 132 valence electrons. The van der Waals surface area contributed by atoms with E-state index in [1.165, 1.54) is 25.7 Å². The Morgan fingerprint density at radius 1 is 1.17 bits per heavy atom. The van der Waals surface area contributed by atoms with E-state index in [4.69, 9.17) is 9.47 Å². The fraction of sp³-hybridized carbons (Fsp3) is 0.947. The second-order valence-electron chi connectivity index (χ2n) is 9.16. The number of piperidine rings is 1. The van der Waals surface area contributed by atoms with Gasteiger partial charge in [-0.1, -0.05) is 6.42 Å².